The highest BCUT2D eigenvalue weighted by Gasteiger charge is 2.25. The van der Waals surface area contributed by atoms with E-state index in [1.807, 2.05) is 42.5 Å². The fourth-order valence-corrected chi connectivity index (χ4v) is 4.00. The van der Waals surface area contributed by atoms with Crippen LogP contribution in [0.15, 0.2) is 53.9 Å². The topological polar surface area (TPSA) is 46.9 Å². The maximum absolute atomic E-state index is 12.7. The molecule has 0 atom stereocenters. The lowest BCUT2D eigenvalue weighted by Gasteiger charge is -2.11. The average Bonchev–Trinajstić information content (AvgIpc) is 3.14. The van der Waals surface area contributed by atoms with Gasteiger partial charge in [-0.25, -0.2) is 4.98 Å². The first kappa shape index (κ1) is 13.5. The zero-order valence-corrected chi connectivity index (χ0v) is 13.7. The molecule has 2 aromatic carbocycles. The molecule has 1 aliphatic heterocycles. The Hall–Kier alpha value is -2.92. The van der Waals surface area contributed by atoms with Gasteiger partial charge in [0.1, 0.15) is 5.82 Å². The zero-order valence-electron chi connectivity index (χ0n) is 12.9. The van der Waals surface area contributed by atoms with Gasteiger partial charge in [0.25, 0.3) is 5.91 Å². The van der Waals surface area contributed by atoms with Gasteiger partial charge in [0.05, 0.1) is 28.0 Å². The number of thiophene rings is 1. The van der Waals surface area contributed by atoms with Crippen molar-refractivity contribution in [2.45, 2.75) is 6.92 Å². The van der Waals surface area contributed by atoms with Crippen LogP contribution in [0.4, 0.5) is 5.69 Å². The largest absolute Gasteiger partial charge is 0.320 e. The molecule has 0 radical (unpaired) electrons. The standard InChI is InChI=1S/C19H13N3OS/c1-11-12(9-10-24-11)18-20-15-7-4-5-13-17(15)22(18)16-8-3-2-6-14(16)21-19(13)23/h2-10H,1H3,(H,21,23). The third kappa shape index (κ3) is 1.73. The SMILES string of the molecule is Cc1sccc1-c1nc2cccc3c2n1-c1ccccc1NC3=O. The van der Waals surface area contributed by atoms with Crippen LogP contribution < -0.4 is 5.32 Å². The van der Waals surface area contributed by atoms with E-state index in [4.69, 9.17) is 4.98 Å². The number of nitrogens with one attached hydrogen (secondary N) is 1. The fraction of sp³-hybridized carbons (Fsp3) is 0.0526. The first-order chi connectivity index (χ1) is 11.7. The molecule has 0 saturated carbocycles. The van der Waals surface area contributed by atoms with Gasteiger partial charge in [0.15, 0.2) is 0 Å². The summed E-state index contributed by atoms with van der Waals surface area (Å²) in [4.78, 5) is 18.7. The molecule has 0 saturated heterocycles. The van der Waals surface area contributed by atoms with E-state index >= 15 is 0 Å². The summed E-state index contributed by atoms with van der Waals surface area (Å²) in [6.07, 6.45) is 0. The Labute approximate surface area is 142 Å². The monoisotopic (exact) mass is 331 g/mol. The molecule has 0 unspecified atom stereocenters. The minimum absolute atomic E-state index is 0.0970. The third-order valence-electron chi connectivity index (χ3n) is 4.41. The molecular weight excluding hydrogens is 318 g/mol. The zero-order chi connectivity index (χ0) is 16.3. The minimum atomic E-state index is -0.0970. The summed E-state index contributed by atoms with van der Waals surface area (Å²) < 4.78 is 2.10. The first-order valence-electron chi connectivity index (χ1n) is 7.71. The Morgan fingerprint density at radius 2 is 1.92 bits per heavy atom. The van der Waals surface area contributed by atoms with E-state index in [0.29, 0.717) is 5.56 Å². The summed E-state index contributed by atoms with van der Waals surface area (Å²) in [5.41, 5.74) is 5.19. The molecule has 0 aliphatic carbocycles. The van der Waals surface area contributed by atoms with Gasteiger partial charge in [-0.2, -0.15) is 0 Å². The molecule has 1 amide bonds. The Kier molecular flexibility index (Phi) is 2.69. The van der Waals surface area contributed by atoms with Gasteiger partial charge >= 0.3 is 0 Å². The molecule has 116 valence electrons. The van der Waals surface area contributed by atoms with E-state index < -0.39 is 0 Å². The Morgan fingerprint density at radius 1 is 1.04 bits per heavy atom. The molecule has 5 rings (SSSR count). The van der Waals surface area contributed by atoms with Gasteiger partial charge in [-0.15, -0.1) is 11.3 Å². The lowest BCUT2D eigenvalue weighted by atomic mass is 10.1. The molecular formula is C19H13N3OS. The summed E-state index contributed by atoms with van der Waals surface area (Å²) in [6, 6.07) is 15.6. The molecule has 24 heavy (non-hydrogen) atoms. The number of anilines is 1. The minimum Gasteiger partial charge on any atom is -0.320 e. The maximum Gasteiger partial charge on any atom is 0.257 e. The number of benzene rings is 2. The van der Waals surface area contributed by atoms with E-state index in [2.05, 4.69) is 28.3 Å². The van der Waals surface area contributed by atoms with E-state index in [1.165, 1.54) is 4.88 Å². The molecule has 1 aliphatic rings. The van der Waals surface area contributed by atoms with Crippen molar-refractivity contribution in [2.24, 2.45) is 0 Å². The van der Waals surface area contributed by atoms with Crippen molar-refractivity contribution >= 4 is 34.0 Å². The quantitative estimate of drug-likeness (QED) is 0.553. The van der Waals surface area contributed by atoms with Crippen molar-refractivity contribution in [1.29, 1.82) is 0 Å². The highest BCUT2D eigenvalue weighted by molar-refractivity contribution is 7.10. The fourth-order valence-electron chi connectivity index (χ4n) is 3.31. The van der Waals surface area contributed by atoms with Crippen LogP contribution in [0.5, 0.6) is 0 Å². The van der Waals surface area contributed by atoms with Crippen LogP contribution in [0.25, 0.3) is 28.1 Å². The number of imidazole rings is 1. The predicted molar refractivity (Wildman–Crippen MR) is 97.1 cm³/mol. The van der Waals surface area contributed by atoms with Crippen LogP contribution in [0, 0.1) is 6.92 Å². The second-order valence-electron chi connectivity index (χ2n) is 5.81. The van der Waals surface area contributed by atoms with E-state index in [1.54, 1.807) is 11.3 Å². The molecule has 4 aromatic rings. The first-order valence-corrected chi connectivity index (χ1v) is 8.59. The number of hydrogen-bond donors (Lipinski definition) is 1. The lowest BCUT2D eigenvalue weighted by Crippen LogP contribution is -2.10. The van der Waals surface area contributed by atoms with E-state index in [9.17, 15) is 4.79 Å². The lowest BCUT2D eigenvalue weighted by molar-refractivity contribution is 0.102. The number of para-hydroxylation sites is 3. The number of hydrogen-bond acceptors (Lipinski definition) is 3. The summed E-state index contributed by atoms with van der Waals surface area (Å²) >= 11 is 1.70. The number of fused-ring (bicyclic) bond motifs is 2. The summed E-state index contributed by atoms with van der Waals surface area (Å²) in [5, 5.41) is 5.09. The van der Waals surface area contributed by atoms with Gasteiger partial charge in [-0.3, -0.25) is 9.36 Å². The highest BCUT2D eigenvalue weighted by atomic mass is 32.1. The third-order valence-corrected chi connectivity index (χ3v) is 5.26. The molecule has 0 fully saturated rings. The molecule has 2 aromatic heterocycles. The van der Waals surface area contributed by atoms with Gasteiger partial charge < -0.3 is 5.32 Å². The molecule has 0 spiro atoms. The van der Waals surface area contributed by atoms with Crippen LogP contribution in [0.3, 0.4) is 0 Å². The number of aryl methyl sites for hydroxylation is 1. The van der Waals surface area contributed by atoms with E-state index in [-0.39, 0.29) is 5.91 Å². The van der Waals surface area contributed by atoms with Crippen molar-refractivity contribution in [3.05, 3.63) is 64.4 Å². The van der Waals surface area contributed by atoms with Gasteiger partial charge in [-0.05, 0) is 42.6 Å². The number of rotatable bonds is 1. The van der Waals surface area contributed by atoms with Crippen LogP contribution in [0.2, 0.25) is 0 Å². The Bertz CT molecular complexity index is 1120. The van der Waals surface area contributed by atoms with Crippen LogP contribution in [0.1, 0.15) is 15.2 Å². The molecule has 4 nitrogen and oxygen atoms in total. The van der Waals surface area contributed by atoms with Crippen molar-refractivity contribution in [3.8, 4) is 17.1 Å². The maximum atomic E-state index is 12.7. The molecule has 5 heteroatoms. The Morgan fingerprint density at radius 3 is 2.75 bits per heavy atom. The normalized spacial score (nSPS) is 12.8. The van der Waals surface area contributed by atoms with Crippen molar-refractivity contribution in [3.63, 3.8) is 0 Å². The van der Waals surface area contributed by atoms with Gasteiger partial charge in [0.2, 0.25) is 0 Å². The average molecular weight is 331 g/mol. The smallest absolute Gasteiger partial charge is 0.257 e. The van der Waals surface area contributed by atoms with Crippen LogP contribution in [-0.2, 0) is 0 Å². The number of amides is 1. The molecule has 3 heterocycles. The summed E-state index contributed by atoms with van der Waals surface area (Å²) in [7, 11) is 0. The summed E-state index contributed by atoms with van der Waals surface area (Å²) in [5.74, 6) is 0.778. The van der Waals surface area contributed by atoms with Crippen molar-refractivity contribution < 1.29 is 4.79 Å². The predicted octanol–water partition coefficient (Wildman–Crippen LogP) is 4.63. The number of carbonyl (C=O) groups is 1. The van der Waals surface area contributed by atoms with Crippen molar-refractivity contribution in [2.75, 3.05) is 5.32 Å². The molecule has 0 bridgehead atoms. The van der Waals surface area contributed by atoms with Crippen LogP contribution >= 0.6 is 11.3 Å². The second-order valence-corrected chi connectivity index (χ2v) is 6.93. The highest BCUT2D eigenvalue weighted by Crippen LogP contribution is 2.37. The number of carbonyl (C=O) groups excluding carboxylic acids is 1. The summed E-state index contributed by atoms with van der Waals surface area (Å²) in [6.45, 7) is 2.10. The van der Waals surface area contributed by atoms with E-state index in [0.717, 1.165) is 33.8 Å². The van der Waals surface area contributed by atoms with Crippen molar-refractivity contribution in [1.82, 2.24) is 9.55 Å². The molecule has 1 N–H and O–H groups in total. The number of nitrogens with zero attached hydrogens (tertiary/aromatic N) is 2. The van der Waals surface area contributed by atoms with Crippen LogP contribution in [-0.4, -0.2) is 15.5 Å². The van der Waals surface area contributed by atoms with Gasteiger partial charge in [-0.1, -0.05) is 18.2 Å². The number of aromatic nitrogens is 2. The Balaban J connectivity index is 1.99. The second kappa shape index (κ2) is 4.79. The van der Waals surface area contributed by atoms with Gasteiger partial charge in [0, 0.05) is 10.4 Å².